The van der Waals surface area contributed by atoms with Gasteiger partial charge in [0.05, 0.1) is 5.25 Å². The molecular weight excluding hydrogens is 258 g/mol. The molecule has 0 bridgehead atoms. The number of nitrogens with zero attached hydrogens (tertiary/aromatic N) is 1. The number of rotatable bonds is 6. The van der Waals surface area contributed by atoms with E-state index >= 15 is 0 Å². The predicted octanol–water partition coefficient (Wildman–Crippen LogP) is 0.275. The molecule has 1 amide bonds. The van der Waals surface area contributed by atoms with Crippen LogP contribution in [0.15, 0.2) is 0 Å². The molecule has 1 aliphatic rings. The van der Waals surface area contributed by atoms with Crippen LogP contribution in [0.25, 0.3) is 0 Å². The lowest BCUT2D eigenvalue weighted by Crippen LogP contribution is -2.61. The number of carbonyl (C=O) groups excluding carboxylic acids is 1. The average Bonchev–Trinajstić information content (AvgIpc) is 2.70. The quantitative estimate of drug-likeness (QED) is 0.704. The molecule has 1 aliphatic carbocycles. The number of sulfone groups is 1. The molecule has 6 nitrogen and oxygen atoms in total. The van der Waals surface area contributed by atoms with E-state index in [0.29, 0.717) is 25.7 Å². The molecule has 1 rings (SSSR count). The van der Waals surface area contributed by atoms with Crippen molar-refractivity contribution in [1.29, 1.82) is 0 Å². The second kappa shape index (κ2) is 5.26. The van der Waals surface area contributed by atoms with Gasteiger partial charge >= 0.3 is 5.97 Å². The summed E-state index contributed by atoms with van der Waals surface area (Å²) in [5.74, 6) is -1.23. The van der Waals surface area contributed by atoms with E-state index in [4.69, 9.17) is 0 Å². The Morgan fingerprint density at radius 2 is 2.17 bits per heavy atom. The highest BCUT2D eigenvalue weighted by atomic mass is 32.2. The predicted molar refractivity (Wildman–Crippen MR) is 65.9 cm³/mol. The average molecular weight is 277 g/mol. The van der Waals surface area contributed by atoms with Crippen molar-refractivity contribution in [3.8, 4) is 0 Å². The minimum Gasteiger partial charge on any atom is -0.479 e. The summed E-state index contributed by atoms with van der Waals surface area (Å²) in [6.07, 6.45) is 3.07. The third-order valence-electron chi connectivity index (χ3n) is 3.55. The van der Waals surface area contributed by atoms with Crippen LogP contribution in [0.3, 0.4) is 0 Å². The van der Waals surface area contributed by atoms with Gasteiger partial charge in [0.25, 0.3) is 0 Å². The topological polar surface area (TPSA) is 91.8 Å². The van der Waals surface area contributed by atoms with Gasteiger partial charge in [0.1, 0.15) is 0 Å². The summed E-state index contributed by atoms with van der Waals surface area (Å²) in [6, 6.07) is 0. The number of carboxylic acid groups (broad SMARTS) is 1. The Morgan fingerprint density at radius 3 is 2.56 bits per heavy atom. The lowest BCUT2D eigenvalue weighted by atomic mass is 9.95. The summed E-state index contributed by atoms with van der Waals surface area (Å²) in [5, 5.41) is 8.45. The second-order valence-corrected chi connectivity index (χ2v) is 6.97. The zero-order valence-corrected chi connectivity index (χ0v) is 11.4. The molecule has 104 valence electrons. The fraction of sp³-hybridized carbons (Fsp3) is 0.818. The summed E-state index contributed by atoms with van der Waals surface area (Å²) in [7, 11) is -3.51. The van der Waals surface area contributed by atoms with Gasteiger partial charge < -0.3 is 10.0 Å². The number of amides is 1. The summed E-state index contributed by atoms with van der Waals surface area (Å²) in [4.78, 5) is 23.9. The van der Waals surface area contributed by atoms with Gasteiger partial charge in [-0.3, -0.25) is 4.79 Å². The third kappa shape index (κ3) is 2.36. The minimum atomic E-state index is -3.51. The van der Waals surface area contributed by atoms with E-state index in [0.717, 1.165) is 11.2 Å². The molecule has 2 unspecified atom stereocenters. The fourth-order valence-corrected chi connectivity index (χ4v) is 4.47. The standard InChI is InChI=1S/C11H19NO5S/c1-3-7-12(8-13)11(10(14)15)6-4-5-9(11)18(2,16)17/h8-9H,3-7H2,1-2H3,(H,14,15). The van der Waals surface area contributed by atoms with Gasteiger partial charge in [0.2, 0.25) is 6.41 Å². The van der Waals surface area contributed by atoms with E-state index in [1.807, 2.05) is 6.92 Å². The number of carbonyl (C=O) groups is 2. The highest BCUT2D eigenvalue weighted by Crippen LogP contribution is 2.39. The van der Waals surface area contributed by atoms with Crippen LogP contribution >= 0.6 is 0 Å². The smallest absolute Gasteiger partial charge is 0.330 e. The number of hydrogen-bond donors (Lipinski definition) is 1. The van der Waals surface area contributed by atoms with Gasteiger partial charge in [-0.25, -0.2) is 13.2 Å². The normalized spacial score (nSPS) is 28.0. The SMILES string of the molecule is CCCN(C=O)C1(C(=O)O)CCCC1S(C)(=O)=O. The highest BCUT2D eigenvalue weighted by molar-refractivity contribution is 7.91. The first-order valence-corrected chi connectivity index (χ1v) is 7.90. The van der Waals surface area contributed by atoms with E-state index in [1.54, 1.807) is 0 Å². The number of aliphatic carboxylic acids is 1. The van der Waals surface area contributed by atoms with Gasteiger partial charge in [-0.15, -0.1) is 0 Å². The van der Waals surface area contributed by atoms with E-state index in [9.17, 15) is 23.1 Å². The summed E-state index contributed by atoms with van der Waals surface area (Å²) < 4.78 is 23.5. The highest BCUT2D eigenvalue weighted by Gasteiger charge is 2.57. The van der Waals surface area contributed by atoms with Crippen LogP contribution in [0.5, 0.6) is 0 Å². The van der Waals surface area contributed by atoms with Gasteiger partial charge in [-0.05, 0) is 25.7 Å². The summed E-state index contributed by atoms with van der Waals surface area (Å²) >= 11 is 0. The van der Waals surface area contributed by atoms with Crippen molar-refractivity contribution in [2.75, 3.05) is 12.8 Å². The molecule has 0 radical (unpaired) electrons. The molecule has 0 saturated heterocycles. The first kappa shape index (κ1) is 14.9. The summed E-state index contributed by atoms with van der Waals surface area (Å²) in [6.45, 7) is 2.07. The lowest BCUT2D eigenvalue weighted by Gasteiger charge is -2.38. The van der Waals surface area contributed by atoms with Gasteiger partial charge in [-0.2, -0.15) is 0 Å². The van der Waals surface area contributed by atoms with Crippen molar-refractivity contribution in [3.63, 3.8) is 0 Å². The second-order valence-electron chi connectivity index (χ2n) is 4.74. The van der Waals surface area contributed by atoms with Crippen LogP contribution < -0.4 is 0 Å². The first-order valence-electron chi connectivity index (χ1n) is 5.95. The number of carboxylic acids is 1. The molecule has 1 saturated carbocycles. The van der Waals surface area contributed by atoms with Crippen molar-refractivity contribution in [2.45, 2.75) is 43.4 Å². The Hall–Kier alpha value is -1.11. The molecule has 0 aromatic rings. The largest absolute Gasteiger partial charge is 0.479 e. The monoisotopic (exact) mass is 277 g/mol. The van der Waals surface area contributed by atoms with Gasteiger partial charge in [-0.1, -0.05) is 6.92 Å². The Kier molecular flexibility index (Phi) is 4.37. The van der Waals surface area contributed by atoms with Crippen LogP contribution in [0.1, 0.15) is 32.6 Å². The maximum Gasteiger partial charge on any atom is 0.330 e. The molecule has 7 heteroatoms. The maximum atomic E-state index is 11.8. The van der Waals surface area contributed by atoms with Gasteiger partial charge in [0.15, 0.2) is 15.4 Å². The van der Waals surface area contributed by atoms with E-state index in [1.165, 1.54) is 0 Å². The van der Waals surface area contributed by atoms with E-state index < -0.39 is 26.6 Å². The maximum absolute atomic E-state index is 11.8. The molecule has 1 fully saturated rings. The van der Waals surface area contributed by atoms with E-state index in [-0.39, 0.29) is 13.0 Å². The number of hydrogen-bond acceptors (Lipinski definition) is 4. The van der Waals surface area contributed by atoms with Crippen molar-refractivity contribution in [1.82, 2.24) is 4.90 Å². The Bertz CT molecular complexity index is 433. The van der Waals surface area contributed by atoms with Crippen LogP contribution in [-0.2, 0) is 19.4 Å². The molecule has 0 aromatic heterocycles. The van der Waals surface area contributed by atoms with Gasteiger partial charge in [0, 0.05) is 12.8 Å². The minimum absolute atomic E-state index is 0.193. The van der Waals surface area contributed by atoms with Crippen LogP contribution in [0, 0.1) is 0 Å². The molecular formula is C11H19NO5S. The first-order chi connectivity index (χ1) is 8.30. The van der Waals surface area contributed by atoms with Crippen LogP contribution in [-0.4, -0.2) is 54.4 Å². The third-order valence-corrected chi connectivity index (χ3v) is 5.21. The Balaban J connectivity index is 3.29. The zero-order chi connectivity index (χ0) is 14.0. The molecule has 18 heavy (non-hydrogen) atoms. The molecule has 0 aromatic carbocycles. The lowest BCUT2D eigenvalue weighted by molar-refractivity contribution is -0.154. The molecule has 1 N–H and O–H groups in total. The molecule has 0 aliphatic heterocycles. The Labute approximate surface area is 107 Å². The fourth-order valence-electron chi connectivity index (χ4n) is 2.81. The van der Waals surface area contributed by atoms with Crippen LogP contribution in [0.2, 0.25) is 0 Å². The zero-order valence-electron chi connectivity index (χ0n) is 10.6. The Morgan fingerprint density at radius 1 is 1.56 bits per heavy atom. The summed E-state index contributed by atoms with van der Waals surface area (Å²) in [5.41, 5.74) is -1.59. The van der Waals surface area contributed by atoms with Crippen LogP contribution in [0.4, 0.5) is 0 Å². The van der Waals surface area contributed by atoms with Crippen molar-refractivity contribution in [3.05, 3.63) is 0 Å². The van der Waals surface area contributed by atoms with Crippen molar-refractivity contribution >= 4 is 22.2 Å². The molecule has 2 atom stereocenters. The van der Waals surface area contributed by atoms with Crippen molar-refractivity contribution < 1.29 is 23.1 Å². The van der Waals surface area contributed by atoms with Crippen molar-refractivity contribution in [2.24, 2.45) is 0 Å². The van der Waals surface area contributed by atoms with E-state index in [2.05, 4.69) is 0 Å². The molecule has 0 heterocycles. The molecule has 0 spiro atoms.